The van der Waals surface area contributed by atoms with Gasteiger partial charge in [0, 0.05) is 22.2 Å². The van der Waals surface area contributed by atoms with E-state index >= 15 is 0 Å². The van der Waals surface area contributed by atoms with Gasteiger partial charge in [-0.3, -0.25) is 20.2 Å². The number of fused-ring (bicyclic) bond motifs is 2. The number of rotatable bonds is 4. The molecule has 1 amide bonds. The average Bonchev–Trinajstić information content (AvgIpc) is 3.23. The average molecular weight is 385 g/mol. The molecule has 9 heteroatoms. The molecule has 0 atom stereocenters. The number of thiophene rings is 1. The van der Waals surface area contributed by atoms with Gasteiger partial charge in [-0.05, 0) is 30.3 Å². The molecule has 4 rings (SSSR count). The van der Waals surface area contributed by atoms with Crippen LogP contribution >= 0.6 is 22.7 Å². The number of aromatic nitrogens is 1. The smallest absolute Gasteiger partial charge is 0.270 e. The minimum absolute atomic E-state index is 0.00220. The number of carbonyl (C=O) groups excluding carboxylic acids is 1. The van der Waals surface area contributed by atoms with Crippen LogP contribution in [0.2, 0.25) is 0 Å². The van der Waals surface area contributed by atoms with Crippen molar-refractivity contribution in [3.05, 3.63) is 57.5 Å². The van der Waals surface area contributed by atoms with Gasteiger partial charge in [-0.25, -0.2) is 4.98 Å². The van der Waals surface area contributed by atoms with E-state index in [1.807, 2.05) is 18.2 Å². The second-order valence-electron chi connectivity index (χ2n) is 5.40. The van der Waals surface area contributed by atoms with Crippen molar-refractivity contribution in [2.45, 2.75) is 0 Å². The molecule has 0 saturated heterocycles. The first kappa shape index (κ1) is 16.4. The number of hydrogen-bond acceptors (Lipinski definition) is 7. The number of nitro groups is 1. The molecule has 0 aliphatic rings. The molecule has 26 heavy (non-hydrogen) atoms. The van der Waals surface area contributed by atoms with Gasteiger partial charge >= 0.3 is 0 Å². The van der Waals surface area contributed by atoms with Gasteiger partial charge in [-0.15, -0.1) is 11.3 Å². The molecule has 2 heterocycles. The molecule has 130 valence electrons. The Hall–Kier alpha value is -3.04. The summed E-state index contributed by atoms with van der Waals surface area (Å²) in [5, 5.41) is 14.8. The fourth-order valence-electron chi connectivity index (χ4n) is 2.50. The lowest BCUT2D eigenvalue weighted by Crippen LogP contribution is -2.09. The molecule has 7 nitrogen and oxygen atoms in total. The summed E-state index contributed by atoms with van der Waals surface area (Å²) < 4.78 is 6.91. The lowest BCUT2D eigenvalue weighted by molar-refractivity contribution is -0.384. The number of thiazole rings is 1. The summed E-state index contributed by atoms with van der Waals surface area (Å²) in [6.07, 6.45) is 0. The molecule has 4 aromatic rings. The van der Waals surface area contributed by atoms with Crippen molar-refractivity contribution in [3.8, 4) is 5.75 Å². The Bertz CT molecular complexity index is 1170. The molecule has 0 fully saturated rings. The number of carbonyl (C=O) groups is 1. The number of nitrogens with zero attached hydrogens (tertiary/aromatic N) is 2. The normalized spacial score (nSPS) is 11.0. The number of non-ortho nitro benzene ring substituents is 1. The van der Waals surface area contributed by atoms with E-state index < -0.39 is 4.92 Å². The van der Waals surface area contributed by atoms with Crippen LogP contribution in [0.1, 0.15) is 9.67 Å². The minimum atomic E-state index is -0.452. The van der Waals surface area contributed by atoms with Crippen molar-refractivity contribution >= 4 is 59.7 Å². The maximum atomic E-state index is 12.5. The molecule has 1 N–H and O–H groups in total. The highest BCUT2D eigenvalue weighted by molar-refractivity contribution is 7.23. The zero-order chi connectivity index (χ0) is 18.3. The summed E-state index contributed by atoms with van der Waals surface area (Å²) in [5.41, 5.74) is 0.778. The lowest BCUT2D eigenvalue weighted by Gasteiger charge is -1.96. The monoisotopic (exact) mass is 385 g/mol. The fraction of sp³-hybridized carbons (Fsp3) is 0.0588. The van der Waals surface area contributed by atoms with Gasteiger partial charge in [0.2, 0.25) is 0 Å². The molecule has 0 spiro atoms. The van der Waals surface area contributed by atoms with Crippen molar-refractivity contribution in [2.24, 2.45) is 0 Å². The molecular weight excluding hydrogens is 374 g/mol. The van der Waals surface area contributed by atoms with Gasteiger partial charge in [0.05, 0.1) is 27.1 Å². The van der Waals surface area contributed by atoms with Crippen LogP contribution in [0.25, 0.3) is 20.3 Å². The summed E-state index contributed by atoms with van der Waals surface area (Å²) in [4.78, 5) is 27.8. The van der Waals surface area contributed by atoms with E-state index in [1.165, 1.54) is 34.8 Å². The summed E-state index contributed by atoms with van der Waals surface area (Å²) >= 11 is 2.64. The van der Waals surface area contributed by atoms with Crippen molar-refractivity contribution in [2.75, 3.05) is 12.4 Å². The number of hydrogen-bond donors (Lipinski definition) is 1. The molecule has 0 radical (unpaired) electrons. The summed E-state index contributed by atoms with van der Waals surface area (Å²) in [6.45, 7) is 0. The number of nitro benzene ring substituents is 1. The topological polar surface area (TPSA) is 94.4 Å². The molecule has 0 unspecified atom stereocenters. The van der Waals surface area contributed by atoms with E-state index in [0.29, 0.717) is 15.4 Å². The van der Waals surface area contributed by atoms with E-state index in [9.17, 15) is 14.9 Å². The van der Waals surface area contributed by atoms with Gasteiger partial charge in [-0.2, -0.15) is 0 Å². The number of nitrogens with one attached hydrogen (secondary N) is 1. The molecule has 0 aliphatic carbocycles. The standard InChI is InChI=1S/C17H11N3O4S2/c1-24-11-3-4-12-14(8-11)26-17(18-12)19-16(21)15-7-9-6-10(20(22)23)2-5-13(9)25-15/h2-8H,1H3,(H,18,19,21). The van der Waals surface area contributed by atoms with Gasteiger partial charge in [-0.1, -0.05) is 11.3 Å². The quantitative estimate of drug-likeness (QED) is 0.406. The number of methoxy groups -OCH3 is 1. The predicted octanol–water partition coefficient (Wildman–Crippen LogP) is 4.68. The molecule has 0 bridgehead atoms. The first-order valence-corrected chi connectivity index (χ1v) is 9.11. The SMILES string of the molecule is COc1ccc2nc(NC(=O)c3cc4cc([N+](=O)[O-])ccc4s3)sc2c1. The van der Waals surface area contributed by atoms with Crippen LogP contribution in [0.15, 0.2) is 42.5 Å². The summed E-state index contributed by atoms with van der Waals surface area (Å²) in [6, 6.07) is 11.7. The predicted molar refractivity (Wildman–Crippen MR) is 103 cm³/mol. The van der Waals surface area contributed by atoms with Crippen LogP contribution in [0, 0.1) is 10.1 Å². The first-order valence-electron chi connectivity index (χ1n) is 7.47. The Labute approximate surface area is 155 Å². The van der Waals surface area contributed by atoms with Gasteiger partial charge in [0.25, 0.3) is 11.6 Å². The number of amides is 1. The largest absolute Gasteiger partial charge is 0.497 e. The Balaban J connectivity index is 1.61. The maximum absolute atomic E-state index is 12.5. The van der Waals surface area contributed by atoms with Crippen LogP contribution in [0.3, 0.4) is 0 Å². The van der Waals surface area contributed by atoms with E-state index in [2.05, 4.69) is 10.3 Å². The Kier molecular flexibility index (Phi) is 4.02. The van der Waals surface area contributed by atoms with E-state index in [0.717, 1.165) is 20.7 Å². The van der Waals surface area contributed by atoms with E-state index in [4.69, 9.17) is 4.74 Å². The van der Waals surface area contributed by atoms with Crippen molar-refractivity contribution < 1.29 is 14.5 Å². The number of ether oxygens (including phenoxy) is 1. The van der Waals surface area contributed by atoms with Crippen LogP contribution in [-0.2, 0) is 0 Å². The molecule has 2 aromatic heterocycles. The van der Waals surface area contributed by atoms with Gasteiger partial charge < -0.3 is 4.74 Å². The fourth-order valence-corrected chi connectivity index (χ4v) is 4.33. The third kappa shape index (κ3) is 2.98. The van der Waals surface area contributed by atoms with Gasteiger partial charge in [0.15, 0.2) is 5.13 Å². The highest BCUT2D eigenvalue weighted by Crippen LogP contribution is 2.32. The molecule has 0 saturated carbocycles. The molecule has 2 aromatic carbocycles. The Morgan fingerprint density at radius 3 is 2.77 bits per heavy atom. The van der Waals surface area contributed by atoms with Gasteiger partial charge in [0.1, 0.15) is 5.75 Å². The van der Waals surface area contributed by atoms with Crippen molar-refractivity contribution in [1.82, 2.24) is 4.98 Å². The zero-order valence-electron chi connectivity index (χ0n) is 13.4. The highest BCUT2D eigenvalue weighted by Gasteiger charge is 2.15. The molecule has 0 aliphatic heterocycles. The summed E-state index contributed by atoms with van der Waals surface area (Å²) in [5.74, 6) is 0.435. The Morgan fingerprint density at radius 1 is 1.15 bits per heavy atom. The maximum Gasteiger partial charge on any atom is 0.270 e. The number of anilines is 1. The highest BCUT2D eigenvalue weighted by atomic mass is 32.1. The second-order valence-corrected chi connectivity index (χ2v) is 7.51. The van der Waals surface area contributed by atoms with Crippen molar-refractivity contribution in [1.29, 1.82) is 0 Å². The second kappa shape index (κ2) is 6.36. The van der Waals surface area contributed by atoms with E-state index in [-0.39, 0.29) is 11.6 Å². The van der Waals surface area contributed by atoms with E-state index in [1.54, 1.807) is 19.2 Å². The van der Waals surface area contributed by atoms with Crippen LogP contribution in [-0.4, -0.2) is 22.9 Å². The van der Waals surface area contributed by atoms with Crippen LogP contribution in [0.5, 0.6) is 5.75 Å². The lowest BCUT2D eigenvalue weighted by atomic mass is 10.2. The number of benzene rings is 2. The first-order chi connectivity index (χ1) is 12.5. The van der Waals surface area contributed by atoms with Crippen LogP contribution < -0.4 is 10.1 Å². The van der Waals surface area contributed by atoms with Crippen molar-refractivity contribution in [3.63, 3.8) is 0 Å². The zero-order valence-corrected chi connectivity index (χ0v) is 15.0. The third-order valence-electron chi connectivity index (χ3n) is 3.75. The summed E-state index contributed by atoms with van der Waals surface area (Å²) in [7, 11) is 1.59. The minimum Gasteiger partial charge on any atom is -0.497 e. The molecular formula is C17H11N3O4S2. The third-order valence-corrected chi connectivity index (χ3v) is 5.80. The van der Waals surface area contributed by atoms with Crippen LogP contribution in [0.4, 0.5) is 10.8 Å². The Morgan fingerprint density at radius 2 is 2.00 bits per heavy atom.